The Balaban J connectivity index is 1.52. The van der Waals surface area contributed by atoms with Crippen LogP contribution < -0.4 is 4.90 Å². The fourth-order valence-electron chi connectivity index (χ4n) is 8.78. The molecule has 16 heteroatoms. The number of aliphatic carboxylic acids is 1. The summed E-state index contributed by atoms with van der Waals surface area (Å²) in [6, 6.07) is 16.8. The maximum Gasteiger partial charge on any atom is 0.303 e. The lowest BCUT2D eigenvalue weighted by atomic mass is 9.75. The van der Waals surface area contributed by atoms with Crippen molar-refractivity contribution in [1.82, 2.24) is 0 Å². The molecule has 1 atom stereocenters. The number of carbonyl (C=O) groups is 1. The second-order valence-electron chi connectivity index (χ2n) is 15.3. The Morgan fingerprint density at radius 3 is 2.19 bits per heavy atom. The first-order valence-corrected chi connectivity index (χ1v) is 23.0. The third-order valence-corrected chi connectivity index (χ3v) is 13.7. The number of benzene rings is 4. The molecule has 0 radical (unpaired) electrons. The third-order valence-electron chi connectivity index (χ3n) is 11.2. The number of carboxylic acids is 1. The van der Waals surface area contributed by atoms with Crippen molar-refractivity contribution in [2.45, 2.75) is 86.8 Å². The van der Waals surface area contributed by atoms with Crippen LogP contribution in [0.5, 0.6) is 0 Å². The number of unbranched alkanes of at least 4 members (excludes halogenated alkanes) is 2. The van der Waals surface area contributed by atoms with Gasteiger partial charge in [-0.05, 0) is 105 Å². The van der Waals surface area contributed by atoms with Crippen LogP contribution in [0.15, 0.2) is 94.4 Å². The van der Waals surface area contributed by atoms with Gasteiger partial charge in [0.2, 0.25) is 5.69 Å². The van der Waals surface area contributed by atoms with Gasteiger partial charge in [-0.25, -0.2) is 25.3 Å². The number of rotatable bonds is 15. The van der Waals surface area contributed by atoms with E-state index in [0.717, 1.165) is 39.5 Å². The summed E-state index contributed by atoms with van der Waals surface area (Å²) in [6.07, 6.45) is 7.83. The van der Waals surface area contributed by atoms with E-state index in [0.29, 0.717) is 56.1 Å². The van der Waals surface area contributed by atoms with Crippen molar-refractivity contribution in [2.75, 3.05) is 23.7 Å². The van der Waals surface area contributed by atoms with Gasteiger partial charge in [0.15, 0.2) is 5.71 Å². The lowest BCUT2D eigenvalue weighted by molar-refractivity contribution is -0.438. The number of hydrogen-bond acceptors (Lipinski definition) is 11. The average Bonchev–Trinajstić information content (AvgIpc) is 3.49. The van der Waals surface area contributed by atoms with Crippen molar-refractivity contribution in [3.63, 3.8) is 0 Å². The van der Waals surface area contributed by atoms with Crippen LogP contribution in [0.3, 0.4) is 0 Å². The molecule has 2 aliphatic rings. The highest BCUT2D eigenvalue weighted by molar-refractivity contribution is 7.86. The molecule has 0 spiro atoms. The summed E-state index contributed by atoms with van der Waals surface area (Å²) in [5.41, 5.74) is 3.04. The second kappa shape index (κ2) is 15.4. The molecule has 1 unspecified atom stereocenters. The molecule has 0 bridgehead atoms. The summed E-state index contributed by atoms with van der Waals surface area (Å²) >= 11 is 0. The monoisotopic (exact) mass is 836 g/mol. The number of allylic oxidation sites excluding steroid dienone is 4. The van der Waals surface area contributed by atoms with Gasteiger partial charge < -0.3 is 23.7 Å². The van der Waals surface area contributed by atoms with Crippen LogP contribution in [0, 0.1) is 0 Å². The molecule has 0 aliphatic carbocycles. The topological polar surface area (TPSA) is 215 Å². The van der Waals surface area contributed by atoms with Crippen LogP contribution in [0.25, 0.3) is 21.5 Å². The first kappa shape index (κ1) is 42.2. The Hall–Kier alpha value is -4.45. The summed E-state index contributed by atoms with van der Waals surface area (Å²) in [5.74, 6) is -1.42. The summed E-state index contributed by atoms with van der Waals surface area (Å²) in [5, 5.41) is 11.3. The van der Waals surface area contributed by atoms with E-state index in [4.69, 9.17) is 0 Å². The molecule has 2 aliphatic heterocycles. The van der Waals surface area contributed by atoms with Gasteiger partial charge in [0.1, 0.15) is 26.8 Å². The van der Waals surface area contributed by atoms with Gasteiger partial charge in [-0.2, -0.15) is 4.58 Å². The molecule has 4 aromatic carbocycles. The maximum atomic E-state index is 12.4. The minimum Gasteiger partial charge on any atom is -0.748 e. The molecule has 304 valence electrons. The maximum absolute atomic E-state index is 12.4. The van der Waals surface area contributed by atoms with Crippen LogP contribution in [-0.2, 0) is 46.0 Å². The van der Waals surface area contributed by atoms with Gasteiger partial charge >= 0.3 is 5.97 Å². The lowest BCUT2D eigenvalue weighted by Gasteiger charge is -2.30. The van der Waals surface area contributed by atoms with E-state index < -0.39 is 62.7 Å². The number of fused-ring (bicyclic) bond motifs is 6. The molecule has 2 heterocycles. The first-order chi connectivity index (χ1) is 26.6. The zero-order valence-corrected chi connectivity index (χ0v) is 34.5. The van der Waals surface area contributed by atoms with E-state index in [9.17, 15) is 48.8 Å². The molecule has 13 nitrogen and oxygen atoms in total. The van der Waals surface area contributed by atoms with Gasteiger partial charge in [-0.3, -0.25) is 4.79 Å². The van der Waals surface area contributed by atoms with Crippen LogP contribution in [0.4, 0.5) is 11.4 Å². The van der Waals surface area contributed by atoms with E-state index in [-0.39, 0.29) is 23.6 Å². The molecule has 0 amide bonds. The largest absolute Gasteiger partial charge is 0.748 e. The van der Waals surface area contributed by atoms with Crippen molar-refractivity contribution in [3.8, 4) is 0 Å². The molecule has 0 fully saturated rings. The second-order valence-corrected chi connectivity index (χ2v) is 19.5. The van der Waals surface area contributed by atoms with Crippen molar-refractivity contribution < 1.29 is 53.4 Å². The number of carboxylic acid groups (broad SMARTS) is 1. The van der Waals surface area contributed by atoms with Gasteiger partial charge in [-0.1, -0.05) is 36.4 Å². The molecule has 6 rings (SSSR count). The van der Waals surface area contributed by atoms with Crippen LogP contribution in [0.1, 0.15) is 77.3 Å². The molecule has 1 N–H and O–H groups in total. The Bertz CT molecular complexity index is 2740. The Labute approximate surface area is 333 Å². The average molecular weight is 837 g/mol. The Kier molecular flexibility index (Phi) is 11.4. The molecule has 0 saturated carbocycles. The SMILES string of the molecule is CCN1C(=CC=CC2=[N+](CCCCCC(=O)O)c3ccc4c(S(=O)(=O)[O-])cc(S(=O)(=O)[O-])cc4c3C2(C)C)C(C)(CCCS(=O)(=O)[O-])c2c1ccc1ccccc21. The quantitative estimate of drug-likeness (QED) is 0.0784. The van der Waals surface area contributed by atoms with E-state index >= 15 is 0 Å². The zero-order valence-electron chi connectivity index (χ0n) is 32.0. The van der Waals surface area contributed by atoms with E-state index in [1.54, 1.807) is 6.07 Å². The first-order valence-electron chi connectivity index (χ1n) is 18.6. The van der Waals surface area contributed by atoms with E-state index in [1.807, 2.05) is 86.9 Å². The molecule has 57 heavy (non-hydrogen) atoms. The number of nitrogens with zero attached hydrogens (tertiary/aromatic N) is 2. The highest BCUT2D eigenvalue weighted by atomic mass is 32.2. The van der Waals surface area contributed by atoms with Crippen molar-refractivity contribution >= 4 is 75.0 Å². The highest BCUT2D eigenvalue weighted by Crippen LogP contribution is 2.53. The fraction of sp³-hybridized carbons (Fsp3) is 0.366. The zero-order chi connectivity index (χ0) is 41.7. The summed E-state index contributed by atoms with van der Waals surface area (Å²) in [6.45, 7) is 8.79. The van der Waals surface area contributed by atoms with Gasteiger partial charge in [-0.15, -0.1) is 0 Å². The van der Waals surface area contributed by atoms with Crippen LogP contribution >= 0.6 is 0 Å². The third kappa shape index (κ3) is 8.16. The predicted molar refractivity (Wildman–Crippen MR) is 214 cm³/mol. The minimum absolute atomic E-state index is 0.000767. The van der Waals surface area contributed by atoms with Gasteiger partial charge in [0, 0.05) is 65.0 Å². The van der Waals surface area contributed by atoms with Crippen LogP contribution in [-0.4, -0.2) is 79.1 Å². The molecular weight excluding hydrogens is 793 g/mol. The van der Waals surface area contributed by atoms with E-state index in [1.165, 1.54) is 6.07 Å². The fourth-order valence-corrected chi connectivity index (χ4v) is 10.6. The predicted octanol–water partition coefficient (Wildman–Crippen LogP) is 6.39. The van der Waals surface area contributed by atoms with Gasteiger partial charge in [0.05, 0.1) is 25.3 Å². The van der Waals surface area contributed by atoms with Crippen LogP contribution in [0.2, 0.25) is 0 Å². The standard InChI is InChI=1S/C41H46N2O11S3/c1-5-42-33-20-18-27-13-8-9-14-29(27)39(33)41(4,22-12-24-55(46,47)48)36(42)16-11-15-35-40(2,3)38-31-25-28(56(49,50)51)26-34(57(52,53)54)30(31)19-21-32(38)43(35)23-10-6-7-17-37(44)45/h8-9,11,13-16,18-21,25-26H,5-7,10,12,17,22-24H2,1-4H3,(H3-,44,45,46,47,48,49,50,51,52,53,54)/p-2. The van der Waals surface area contributed by atoms with E-state index in [2.05, 4.69) is 4.90 Å². The van der Waals surface area contributed by atoms with Gasteiger partial charge in [0.25, 0.3) is 0 Å². The Morgan fingerprint density at radius 1 is 0.825 bits per heavy atom. The highest BCUT2D eigenvalue weighted by Gasteiger charge is 2.47. The summed E-state index contributed by atoms with van der Waals surface area (Å²) < 4.78 is 111. The smallest absolute Gasteiger partial charge is 0.303 e. The number of anilines is 1. The van der Waals surface area contributed by atoms with Crippen molar-refractivity contribution in [2.24, 2.45) is 0 Å². The lowest BCUT2D eigenvalue weighted by Crippen LogP contribution is -2.29. The summed E-state index contributed by atoms with van der Waals surface area (Å²) in [4.78, 5) is 11.7. The normalized spacial score (nSPS) is 19.0. The summed E-state index contributed by atoms with van der Waals surface area (Å²) in [7, 11) is -14.9. The Morgan fingerprint density at radius 2 is 1.54 bits per heavy atom. The molecule has 0 saturated heterocycles. The number of likely N-dealkylation sites (N-methyl/N-ethyl adjacent to an activating group) is 1. The number of hydrogen-bond donors (Lipinski definition) is 1. The molecule has 0 aromatic heterocycles. The van der Waals surface area contributed by atoms with Crippen molar-refractivity contribution in [1.29, 1.82) is 0 Å². The molecular formula is C41H44N2O11S3-2. The van der Waals surface area contributed by atoms with Crippen molar-refractivity contribution in [3.05, 3.63) is 95.7 Å². The molecule has 4 aromatic rings. The minimum atomic E-state index is -5.21.